The van der Waals surface area contributed by atoms with Gasteiger partial charge in [-0.05, 0) is 50.0 Å². The molecule has 0 spiro atoms. The standard InChI is InChI=1S/C17H28N2/c1-3-5-7-15-12-18-17(19-13-15)16-10-8-14(6-4-2)9-11-16/h12-14,16H,3-11H2,1-2H3. The molecule has 2 rings (SSSR count). The monoisotopic (exact) mass is 260 g/mol. The summed E-state index contributed by atoms with van der Waals surface area (Å²) in [6, 6.07) is 0. The van der Waals surface area contributed by atoms with E-state index in [1.165, 1.54) is 56.9 Å². The first-order valence-electron chi connectivity index (χ1n) is 8.14. The molecule has 0 aliphatic heterocycles. The van der Waals surface area contributed by atoms with Crippen LogP contribution in [0.1, 0.15) is 82.5 Å². The van der Waals surface area contributed by atoms with E-state index in [1.807, 2.05) is 0 Å². The Balaban J connectivity index is 1.85. The number of aromatic nitrogens is 2. The van der Waals surface area contributed by atoms with Gasteiger partial charge in [-0.1, -0.05) is 33.1 Å². The molecule has 106 valence electrons. The fraction of sp³-hybridized carbons (Fsp3) is 0.765. The highest BCUT2D eigenvalue weighted by molar-refractivity contribution is 5.08. The van der Waals surface area contributed by atoms with Gasteiger partial charge in [-0.25, -0.2) is 9.97 Å². The lowest BCUT2D eigenvalue weighted by Crippen LogP contribution is -2.15. The van der Waals surface area contributed by atoms with Crippen LogP contribution in [-0.2, 0) is 6.42 Å². The first-order chi connectivity index (χ1) is 9.33. The zero-order chi connectivity index (χ0) is 13.5. The predicted molar refractivity (Wildman–Crippen MR) is 80.3 cm³/mol. The van der Waals surface area contributed by atoms with Crippen molar-refractivity contribution in [3.8, 4) is 0 Å². The van der Waals surface area contributed by atoms with Crippen molar-refractivity contribution in [3.05, 3.63) is 23.8 Å². The molecular formula is C17H28N2. The molecule has 1 saturated carbocycles. The van der Waals surface area contributed by atoms with Crippen molar-refractivity contribution in [2.45, 2.75) is 77.6 Å². The van der Waals surface area contributed by atoms with Crippen LogP contribution in [0.4, 0.5) is 0 Å². The van der Waals surface area contributed by atoms with E-state index in [0.717, 1.165) is 18.2 Å². The highest BCUT2D eigenvalue weighted by Crippen LogP contribution is 2.35. The summed E-state index contributed by atoms with van der Waals surface area (Å²) in [5.74, 6) is 2.67. The second kappa shape index (κ2) is 7.62. The summed E-state index contributed by atoms with van der Waals surface area (Å²) in [6.45, 7) is 4.52. The second-order valence-corrected chi connectivity index (χ2v) is 6.06. The van der Waals surface area contributed by atoms with Crippen LogP contribution < -0.4 is 0 Å². The van der Waals surface area contributed by atoms with Crippen molar-refractivity contribution >= 4 is 0 Å². The Bertz CT molecular complexity index is 350. The summed E-state index contributed by atoms with van der Waals surface area (Å²) >= 11 is 0. The maximum absolute atomic E-state index is 4.62. The summed E-state index contributed by atoms with van der Waals surface area (Å²) in [6.07, 6.45) is 15.8. The molecule has 0 saturated heterocycles. The number of rotatable bonds is 6. The Kier molecular flexibility index (Phi) is 5.81. The van der Waals surface area contributed by atoms with Crippen molar-refractivity contribution < 1.29 is 0 Å². The van der Waals surface area contributed by atoms with Crippen molar-refractivity contribution in [2.24, 2.45) is 5.92 Å². The second-order valence-electron chi connectivity index (χ2n) is 6.06. The van der Waals surface area contributed by atoms with E-state index in [4.69, 9.17) is 0 Å². The van der Waals surface area contributed by atoms with E-state index in [-0.39, 0.29) is 0 Å². The lowest BCUT2D eigenvalue weighted by Gasteiger charge is -2.27. The SMILES string of the molecule is CCCCc1cnc(C2CCC(CCC)CC2)nc1. The number of hydrogen-bond acceptors (Lipinski definition) is 2. The zero-order valence-corrected chi connectivity index (χ0v) is 12.6. The number of nitrogens with zero attached hydrogens (tertiary/aromatic N) is 2. The van der Waals surface area contributed by atoms with Crippen LogP contribution in [0.2, 0.25) is 0 Å². The maximum atomic E-state index is 4.62. The molecule has 2 heteroatoms. The van der Waals surface area contributed by atoms with Crippen molar-refractivity contribution in [1.29, 1.82) is 0 Å². The van der Waals surface area contributed by atoms with Gasteiger partial charge >= 0.3 is 0 Å². The van der Waals surface area contributed by atoms with E-state index in [0.29, 0.717) is 5.92 Å². The van der Waals surface area contributed by atoms with E-state index in [9.17, 15) is 0 Å². The summed E-state index contributed by atoms with van der Waals surface area (Å²) < 4.78 is 0. The molecule has 0 aromatic carbocycles. The average Bonchev–Trinajstić information content (AvgIpc) is 2.47. The lowest BCUT2D eigenvalue weighted by atomic mass is 9.80. The Morgan fingerprint density at radius 2 is 1.68 bits per heavy atom. The molecule has 0 radical (unpaired) electrons. The van der Waals surface area contributed by atoms with E-state index < -0.39 is 0 Å². The van der Waals surface area contributed by atoms with Crippen LogP contribution in [0.5, 0.6) is 0 Å². The van der Waals surface area contributed by atoms with Crippen LogP contribution >= 0.6 is 0 Å². The van der Waals surface area contributed by atoms with Gasteiger partial charge in [0.1, 0.15) is 5.82 Å². The third-order valence-corrected chi connectivity index (χ3v) is 4.45. The Morgan fingerprint density at radius 3 is 2.26 bits per heavy atom. The van der Waals surface area contributed by atoms with Gasteiger partial charge in [-0.15, -0.1) is 0 Å². The van der Waals surface area contributed by atoms with Crippen LogP contribution in [0.3, 0.4) is 0 Å². The lowest BCUT2D eigenvalue weighted by molar-refractivity contribution is 0.302. The average molecular weight is 260 g/mol. The molecule has 0 amide bonds. The third-order valence-electron chi connectivity index (χ3n) is 4.45. The van der Waals surface area contributed by atoms with Gasteiger partial charge in [-0.2, -0.15) is 0 Å². The van der Waals surface area contributed by atoms with Gasteiger partial charge in [0.25, 0.3) is 0 Å². The quantitative estimate of drug-likeness (QED) is 0.727. The van der Waals surface area contributed by atoms with Crippen LogP contribution in [0, 0.1) is 5.92 Å². The minimum Gasteiger partial charge on any atom is -0.241 e. The Labute approximate surface area is 118 Å². The summed E-state index contributed by atoms with van der Waals surface area (Å²) in [4.78, 5) is 9.23. The molecule has 1 heterocycles. The van der Waals surface area contributed by atoms with Gasteiger partial charge in [-0.3, -0.25) is 0 Å². The predicted octanol–water partition coefficient (Wildman–Crippen LogP) is 4.89. The topological polar surface area (TPSA) is 25.8 Å². The third kappa shape index (κ3) is 4.29. The van der Waals surface area contributed by atoms with Gasteiger partial charge in [0.2, 0.25) is 0 Å². The molecule has 0 atom stereocenters. The van der Waals surface area contributed by atoms with Crippen molar-refractivity contribution in [3.63, 3.8) is 0 Å². The molecule has 0 N–H and O–H groups in total. The molecule has 1 aliphatic rings. The Hall–Kier alpha value is -0.920. The minimum atomic E-state index is 0.619. The van der Waals surface area contributed by atoms with Crippen molar-refractivity contribution in [1.82, 2.24) is 9.97 Å². The summed E-state index contributed by atoms with van der Waals surface area (Å²) in [7, 11) is 0. The first kappa shape index (κ1) is 14.5. The number of hydrogen-bond donors (Lipinski definition) is 0. The van der Waals surface area contributed by atoms with E-state index >= 15 is 0 Å². The number of aryl methyl sites for hydroxylation is 1. The van der Waals surface area contributed by atoms with Crippen LogP contribution in [0.25, 0.3) is 0 Å². The molecule has 19 heavy (non-hydrogen) atoms. The first-order valence-corrected chi connectivity index (χ1v) is 8.14. The molecular weight excluding hydrogens is 232 g/mol. The zero-order valence-electron chi connectivity index (χ0n) is 12.6. The normalized spacial score (nSPS) is 23.5. The number of unbranched alkanes of at least 4 members (excludes halogenated alkanes) is 1. The van der Waals surface area contributed by atoms with E-state index in [1.54, 1.807) is 0 Å². The maximum Gasteiger partial charge on any atom is 0.131 e. The molecule has 1 fully saturated rings. The molecule has 0 unspecified atom stereocenters. The highest BCUT2D eigenvalue weighted by Gasteiger charge is 2.23. The molecule has 1 aromatic heterocycles. The largest absolute Gasteiger partial charge is 0.241 e. The highest BCUT2D eigenvalue weighted by atomic mass is 14.9. The Morgan fingerprint density at radius 1 is 1.00 bits per heavy atom. The van der Waals surface area contributed by atoms with E-state index in [2.05, 4.69) is 36.2 Å². The smallest absolute Gasteiger partial charge is 0.131 e. The molecule has 1 aliphatic carbocycles. The molecule has 1 aromatic rings. The summed E-state index contributed by atoms with van der Waals surface area (Å²) in [5, 5.41) is 0. The molecule has 2 nitrogen and oxygen atoms in total. The van der Waals surface area contributed by atoms with Crippen LogP contribution in [-0.4, -0.2) is 9.97 Å². The van der Waals surface area contributed by atoms with Gasteiger partial charge in [0, 0.05) is 18.3 Å². The molecule has 0 bridgehead atoms. The van der Waals surface area contributed by atoms with Gasteiger partial charge < -0.3 is 0 Å². The van der Waals surface area contributed by atoms with Gasteiger partial charge in [0.15, 0.2) is 0 Å². The minimum absolute atomic E-state index is 0.619. The van der Waals surface area contributed by atoms with Crippen molar-refractivity contribution in [2.75, 3.05) is 0 Å². The summed E-state index contributed by atoms with van der Waals surface area (Å²) in [5.41, 5.74) is 1.30. The van der Waals surface area contributed by atoms with Gasteiger partial charge in [0.05, 0.1) is 0 Å². The van der Waals surface area contributed by atoms with Crippen LogP contribution in [0.15, 0.2) is 12.4 Å². The fourth-order valence-corrected chi connectivity index (χ4v) is 3.20. The fourth-order valence-electron chi connectivity index (χ4n) is 3.20.